The molecule has 0 spiro atoms. The van der Waals surface area contributed by atoms with Crippen LogP contribution in [0.3, 0.4) is 0 Å². The summed E-state index contributed by atoms with van der Waals surface area (Å²) in [6, 6.07) is 0. The summed E-state index contributed by atoms with van der Waals surface area (Å²) in [5.41, 5.74) is 4.57. The van der Waals surface area contributed by atoms with Gasteiger partial charge in [-0.3, -0.25) is 0 Å². The van der Waals surface area contributed by atoms with Crippen molar-refractivity contribution in [3.8, 4) is 11.8 Å². The van der Waals surface area contributed by atoms with E-state index in [-0.39, 0.29) is 0 Å². The maximum absolute atomic E-state index is 3.49. The Labute approximate surface area is 149 Å². The molecule has 0 saturated heterocycles. The van der Waals surface area contributed by atoms with Crippen molar-refractivity contribution in [2.75, 3.05) is 0 Å². The van der Waals surface area contributed by atoms with Crippen molar-refractivity contribution in [1.29, 1.82) is 0 Å². The lowest BCUT2D eigenvalue weighted by atomic mass is 9.50. The molecule has 0 aliphatic heterocycles. The van der Waals surface area contributed by atoms with Gasteiger partial charge < -0.3 is 0 Å². The van der Waals surface area contributed by atoms with Crippen LogP contribution >= 0.6 is 0 Å². The summed E-state index contributed by atoms with van der Waals surface area (Å²) in [6.45, 7) is 9.57. The largest absolute Gasteiger partial charge is 0.106 e. The molecule has 0 aromatic carbocycles. The SMILES string of the molecule is CC#C[C@@H](C)[C@H]1CC[C@H]2C3=CC=C4CCCC[C@]4(C)[C@H]3CC[C@]12C. The van der Waals surface area contributed by atoms with E-state index in [0.29, 0.717) is 16.7 Å². The Morgan fingerprint density at radius 1 is 1.04 bits per heavy atom. The molecule has 0 amide bonds. The molecule has 0 heteroatoms. The van der Waals surface area contributed by atoms with E-state index in [0.717, 1.165) is 17.8 Å². The predicted octanol–water partition coefficient (Wildman–Crippen LogP) is 6.54. The summed E-state index contributed by atoms with van der Waals surface area (Å²) in [6.07, 6.45) is 16.4. The van der Waals surface area contributed by atoms with E-state index in [2.05, 4.69) is 44.8 Å². The first-order valence-electron chi connectivity index (χ1n) is 10.3. The van der Waals surface area contributed by atoms with Gasteiger partial charge in [0.05, 0.1) is 0 Å². The van der Waals surface area contributed by atoms with Gasteiger partial charge in [0.15, 0.2) is 0 Å². The maximum Gasteiger partial charge on any atom is 0.0208 e. The van der Waals surface area contributed by atoms with Gasteiger partial charge in [0.25, 0.3) is 0 Å². The fourth-order valence-electron chi connectivity index (χ4n) is 7.23. The summed E-state index contributed by atoms with van der Waals surface area (Å²) in [5, 5.41) is 0. The zero-order chi connectivity index (χ0) is 16.9. The van der Waals surface area contributed by atoms with Crippen LogP contribution < -0.4 is 0 Å². The molecule has 4 rings (SSSR count). The molecule has 0 N–H and O–H groups in total. The van der Waals surface area contributed by atoms with Gasteiger partial charge in [-0.05, 0) is 80.5 Å². The van der Waals surface area contributed by atoms with E-state index in [1.54, 1.807) is 5.57 Å². The third kappa shape index (κ3) is 2.20. The lowest BCUT2D eigenvalue weighted by molar-refractivity contribution is 0.0589. The zero-order valence-corrected chi connectivity index (χ0v) is 16.1. The molecule has 24 heavy (non-hydrogen) atoms. The van der Waals surface area contributed by atoms with Crippen LogP contribution in [0.4, 0.5) is 0 Å². The average Bonchev–Trinajstić information content (AvgIpc) is 2.92. The van der Waals surface area contributed by atoms with Crippen molar-refractivity contribution >= 4 is 0 Å². The zero-order valence-electron chi connectivity index (χ0n) is 16.1. The Kier molecular flexibility index (Phi) is 3.98. The van der Waals surface area contributed by atoms with E-state index >= 15 is 0 Å². The fourth-order valence-corrected chi connectivity index (χ4v) is 7.23. The molecule has 0 radical (unpaired) electrons. The molecule has 0 nitrogen and oxygen atoms in total. The third-order valence-corrected chi connectivity index (χ3v) is 8.53. The average molecular weight is 323 g/mol. The lowest BCUT2D eigenvalue weighted by Crippen LogP contribution is -2.45. The molecule has 0 heterocycles. The summed E-state index contributed by atoms with van der Waals surface area (Å²) < 4.78 is 0. The molecule has 0 bridgehead atoms. The van der Waals surface area contributed by atoms with Gasteiger partial charge in [0.1, 0.15) is 0 Å². The minimum absolute atomic E-state index is 0.483. The van der Waals surface area contributed by atoms with Crippen LogP contribution in [0.15, 0.2) is 23.3 Å². The van der Waals surface area contributed by atoms with Crippen molar-refractivity contribution in [3.63, 3.8) is 0 Å². The molecular formula is C24H34. The molecule has 3 saturated carbocycles. The maximum atomic E-state index is 3.49. The number of hydrogen-bond acceptors (Lipinski definition) is 0. The summed E-state index contributed by atoms with van der Waals surface area (Å²) in [5.74, 6) is 9.68. The number of fused-ring (bicyclic) bond motifs is 5. The van der Waals surface area contributed by atoms with Crippen LogP contribution in [-0.2, 0) is 0 Å². The highest BCUT2D eigenvalue weighted by Gasteiger charge is 2.56. The molecule has 0 aromatic rings. The van der Waals surface area contributed by atoms with Gasteiger partial charge in [-0.1, -0.05) is 50.5 Å². The highest BCUT2D eigenvalue weighted by atomic mass is 14.6. The Morgan fingerprint density at radius 2 is 1.88 bits per heavy atom. The topological polar surface area (TPSA) is 0 Å². The van der Waals surface area contributed by atoms with Crippen LogP contribution in [0.1, 0.15) is 79.1 Å². The Bertz CT molecular complexity index is 639. The van der Waals surface area contributed by atoms with Crippen molar-refractivity contribution in [3.05, 3.63) is 23.3 Å². The quantitative estimate of drug-likeness (QED) is 0.481. The first-order valence-corrected chi connectivity index (χ1v) is 10.3. The van der Waals surface area contributed by atoms with E-state index in [9.17, 15) is 0 Å². The van der Waals surface area contributed by atoms with Crippen molar-refractivity contribution < 1.29 is 0 Å². The summed E-state index contributed by atoms with van der Waals surface area (Å²) in [7, 11) is 0. The van der Waals surface area contributed by atoms with Gasteiger partial charge in [-0.2, -0.15) is 0 Å². The second kappa shape index (κ2) is 5.79. The second-order valence-corrected chi connectivity index (χ2v) is 9.50. The van der Waals surface area contributed by atoms with E-state index in [1.165, 1.54) is 51.4 Å². The fraction of sp³-hybridized carbons (Fsp3) is 0.750. The molecule has 4 aliphatic carbocycles. The van der Waals surface area contributed by atoms with Gasteiger partial charge in [-0.25, -0.2) is 0 Å². The lowest BCUT2D eigenvalue weighted by Gasteiger charge is -2.54. The smallest absolute Gasteiger partial charge is 0.0208 e. The second-order valence-electron chi connectivity index (χ2n) is 9.50. The molecular weight excluding hydrogens is 288 g/mol. The van der Waals surface area contributed by atoms with Crippen LogP contribution in [0.2, 0.25) is 0 Å². The van der Waals surface area contributed by atoms with Gasteiger partial charge >= 0.3 is 0 Å². The van der Waals surface area contributed by atoms with Gasteiger partial charge in [0, 0.05) is 5.92 Å². The van der Waals surface area contributed by atoms with Crippen LogP contribution in [0.5, 0.6) is 0 Å². The Morgan fingerprint density at radius 3 is 2.67 bits per heavy atom. The van der Waals surface area contributed by atoms with E-state index < -0.39 is 0 Å². The van der Waals surface area contributed by atoms with Gasteiger partial charge in [0.2, 0.25) is 0 Å². The van der Waals surface area contributed by atoms with E-state index in [4.69, 9.17) is 0 Å². The van der Waals surface area contributed by atoms with Crippen molar-refractivity contribution in [2.24, 2.45) is 34.5 Å². The van der Waals surface area contributed by atoms with E-state index in [1.807, 2.05) is 12.5 Å². The monoisotopic (exact) mass is 322 g/mol. The van der Waals surface area contributed by atoms with Crippen molar-refractivity contribution in [2.45, 2.75) is 79.1 Å². The molecule has 0 aromatic heterocycles. The number of rotatable bonds is 1. The van der Waals surface area contributed by atoms with Crippen LogP contribution in [0.25, 0.3) is 0 Å². The summed E-state index contributed by atoms with van der Waals surface area (Å²) >= 11 is 0. The first kappa shape index (κ1) is 16.5. The Hall–Kier alpha value is -0.960. The minimum Gasteiger partial charge on any atom is -0.106 e. The normalized spacial score (nSPS) is 44.9. The van der Waals surface area contributed by atoms with Gasteiger partial charge in [-0.15, -0.1) is 11.8 Å². The standard InChI is InChI=1S/C24H34/c1-5-8-17(2)20-12-13-21-19-11-10-18-9-6-7-15-23(18,3)22(19)14-16-24(20,21)4/h10-11,17,20-22H,6-7,9,12-16H2,1-4H3/t17-,20-,21+,22+,23+,24-/m1/s1. The number of allylic oxidation sites excluding steroid dienone is 4. The summed E-state index contributed by atoms with van der Waals surface area (Å²) in [4.78, 5) is 0. The first-order chi connectivity index (χ1) is 11.5. The molecule has 0 unspecified atom stereocenters. The highest BCUT2D eigenvalue weighted by molar-refractivity contribution is 5.38. The van der Waals surface area contributed by atoms with Crippen molar-refractivity contribution in [1.82, 2.24) is 0 Å². The molecule has 3 fully saturated rings. The molecule has 6 atom stereocenters. The molecule has 4 aliphatic rings. The Balaban J connectivity index is 1.68. The number of hydrogen-bond donors (Lipinski definition) is 0. The predicted molar refractivity (Wildman–Crippen MR) is 102 cm³/mol. The van der Waals surface area contributed by atoms with Crippen LogP contribution in [-0.4, -0.2) is 0 Å². The third-order valence-electron chi connectivity index (χ3n) is 8.53. The van der Waals surface area contributed by atoms with Crippen LogP contribution in [0, 0.1) is 46.3 Å². The minimum atomic E-state index is 0.483. The highest BCUT2D eigenvalue weighted by Crippen LogP contribution is 2.65. The molecule has 130 valence electrons.